The van der Waals surface area contributed by atoms with E-state index in [0.717, 1.165) is 29.3 Å². The van der Waals surface area contributed by atoms with E-state index in [1.807, 2.05) is 12.1 Å². The minimum Gasteiger partial charge on any atom is -0.493 e. The van der Waals surface area contributed by atoms with Gasteiger partial charge in [0.1, 0.15) is 5.58 Å². The summed E-state index contributed by atoms with van der Waals surface area (Å²) in [5, 5.41) is 3.28. The van der Waals surface area contributed by atoms with Crippen molar-refractivity contribution in [2.75, 3.05) is 13.7 Å². The molecule has 1 aliphatic rings. The van der Waals surface area contributed by atoms with Crippen LogP contribution in [0.2, 0.25) is 0 Å². The Bertz CT molecular complexity index is 1170. The van der Waals surface area contributed by atoms with Crippen molar-refractivity contribution >= 4 is 32.8 Å². The van der Waals surface area contributed by atoms with Crippen LogP contribution in [0.25, 0.3) is 11.0 Å². The summed E-state index contributed by atoms with van der Waals surface area (Å²) in [6, 6.07) is 9.97. The number of unbranched alkanes of at least 4 members (excludes halogenated alkanes) is 2. The highest BCUT2D eigenvalue weighted by molar-refractivity contribution is 9.10. The summed E-state index contributed by atoms with van der Waals surface area (Å²) in [5.41, 5.74) is 1.19. The van der Waals surface area contributed by atoms with Crippen molar-refractivity contribution in [1.29, 1.82) is 0 Å². The second kappa shape index (κ2) is 8.52. The second-order valence-electron chi connectivity index (χ2n) is 7.19. The highest BCUT2D eigenvalue weighted by atomic mass is 79.9. The van der Waals surface area contributed by atoms with Crippen LogP contribution >= 0.6 is 15.9 Å². The molecule has 0 fully saturated rings. The fourth-order valence-electron chi connectivity index (χ4n) is 3.65. The summed E-state index contributed by atoms with van der Waals surface area (Å²) in [5.74, 6) is 0.838. The lowest BCUT2D eigenvalue weighted by Gasteiger charge is -2.16. The number of ether oxygens (including phenoxy) is 2. The molecule has 1 N–H and O–H groups in total. The highest BCUT2D eigenvalue weighted by Gasteiger charge is 2.36. The number of amides is 1. The van der Waals surface area contributed by atoms with E-state index in [9.17, 15) is 9.59 Å². The lowest BCUT2D eigenvalue weighted by atomic mass is 9.99. The van der Waals surface area contributed by atoms with Crippen molar-refractivity contribution in [2.24, 2.45) is 0 Å². The molecule has 1 aliphatic heterocycles. The molecule has 156 valence electrons. The van der Waals surface area contributed by atoms with Gasteiger partial charge < -0.3 is 19.2 Å². The minimum absolute atomic E-state index is 0.0543. The fourth-order valence-corrected chi connectivity index (χ4v) is 4.01. The van der Waals surface area contributed by atoms with Gasteiger partial charge in [-0.05, 0) is 42.3 Å². The third kappa shape index (κ3) is 3.69. The molecule has 0 spiro atoms. The van der Waals surface area contributed by atoms with E-state index < -0.39 is 11.9 Å². The zero-order valence-corrected chi connectivity index (χ0v) is 18.4. The highest BCUT2D eigenvalue weighted by Crippen LogP contribution is 2.36. The average Bonchev–Trinajstić information content (AvgIpc) is 3.08. The van der Waals surface area contributed by atoms with E-state index in [4.69, 9.17) is 13.9 Å². The summed E-state index contributed by atoms with van der Waals surface area (Å²) in [6.45, 7) is 2.75. The minimum atomic E-state index is -0.616. The van der Waals surface area contributed by atoms with Gasteiger partial charge in [0, 0.05) is 4.47 Å². The summed E-state index contributed by atoms with van der Waals surface area (Å²) in [7, 11) is 1.57. The molecule has 1 aromatic heterocycles. The lowest BCUT2D eigenvalue weighted by molar-refractivity contribution is 0.0938. The van der Waals surface area contributed by atoms with Gasteiger partial charge in [-0.3, -0.25) is 9.59 Å². The van der Waals surface area contributed by atoms with Gasteiger partial charge in [0.25, 0.3) is 5.91 Å². The monoisotopic (exact) mass is 471 g/mol. The third-order valence-corrected chi connectivity index (χ3v) is 5.68. The zero-order valence-electron chi connectivity index (χ0n) is 16.8. The largest absolute Gasteiger partial charge is 0.493 e. The summed E-state index contributed by atoms with van der Waals surface area (Å²) in [4.78, 5) is 25.7. The van der Waals surface area contributed by atoms with Crippen LogP contribution in [0.15, 0.2) is 50.1 Å². The molecule has 0 saturated carbocycles. The number of benzene rings is 2. The molecule has 1 amide bonds. The Hall–Kier alpha value is -2.80. The SMILES string of the molecule is CCCCCOc1ccc(C2NC(=O)c3oc4ccc(Br)cc4c(=O)c32)cc1OC. The van der Waals surface area contributed by atoms with E-state index in [0.29, 0.717) is 34.6 Å². The van der Waals surface area contributed by atoms with Crippen LogP contribution in [-0.4, -0.2) is 19.6 Å². The molecular weight excluding hydrogens is 450 g/mol. The maximum Gasteiger partial charge on any atom is 0.288 e. The number of methoxy groups -OCH3 is 1. The first-order valence-corrected chi connectivity index (χ1v) is 10.7. The predicted molar refractivity (Wildman–Crippen MR) is 118 cm³/mol. The molecule has 7 heteroatoms. The van der Waals surface area contributed by atoms with Crippen LogP contribution in [0, 0.1) is 0 Å². The van der Waals surface area contributed by atoms with Crippen molar-refractivity contribution in [1.82, 2.24) is 5.32 Å². The first-order chi connectivity index (χ1) is 14.5. The molecule has 2 aromatic carbocycles. The summed E-state index contributed by atoms with van der Waals surface area (Å²) >= 11 is 3.38. The molecule has 0 bridgehead atoms. The Labute approximate surface area is 182 Å². The normalized spacial score (nSPS) is 15.2. The molecular formula is C23H22BrNO5. The van der Waals surface area contributed by atoms with E-state index in [-0.39, 0.29) is 11.2 Å². The first kappa shape index (κ1) is 20.5. The van der Waals surface area contributed by atoms with E-state index in [1.54, 1.807) is 31.4 Å². The molecule has 1 atom stereocenters. The maximum atomic E-state index is 13.2. The number of halogens is 1. The van der Waals surface area contributed by atoms with Gasteiger partial charge >= 0.3 is 0 Å². The molecule has 4 rings (SSSR count). The Morgan fingerprint density at radius 1 is 1.10 bits per heavy atom. The topological polar surface area (TPSA) is 77.8 Å². The standard InChI is InChI=1S/C23H22BrNO5/c1-3-4-5-10-29-17-8-6-13(11-18(17)28-2)20-19-21(26)15-12-14(24)7-9-16(15)30-22(19)23(27)25-20/h6-9,11-12,20H,3-5,10H2,1-2H3,(H,25,27). The van der Waals surface area contributed by atoms with Crippen molar-refractivity contribution in [2.45, 2.75) is 32.2 Å². The molecule has 30 heavy (non-hydrogen) atoms. The zero-order chi connectivity index (χ0) is 21.3. The van der Waals surface area contributed by atoms with Crippen LogP contribution in [0.1, 0.15) is 53.9 Å². The summed E-state index contributed by atoms with van der Waals surface area (Å²) < 4.78 is 17.9. The number of nitrogens with one attached hydrogen (secondary N) is 1. The number of hydrogen-bond acceptors (Lipinski definition) is 5. The third-order valence-electron chi connectivity index (χ3n) is 5.18. The van der Waals surface area contributed by atoms with Gasteiger partial charge in [-0.15, -0.1) is 0 Å². The van der Waals surface area contributed by atoms with Crippen LogP contribution in [0.5, 0.6) is 11.5 Å². The van der Waals surface area contributed by atoms with Gasteiger partial charge in [-0.1, -0.05) is 41.8 Å². The average molecular weight is 472 g/mol. The van der Waals surface area contributed by atoms with Gasteiger partial charge in [-0.2, -0.15) is 0 Å². The van der Waals surface area contributed by atoms with E-state index in [2.05, 4.69) is 28.2 Å². The van der Waals surface area contributed by atoms with Crippen molar-refractivity contribution < 1.29 is 18.7 Å². The van der Waals surface area contributed by atoms with Crippen LogP contribution in [0.3, 0.4) is 0 Å². The quantitative estimate of drug-likeness (QED) is 0.492. The van der Waals surface area contributed by atoms with Gasteiger partial charge in [0.05, 0.1) is 30.7 Å². The first-order valence-electron chi connectivity index (χ1n) is 9.91. The van der Waals surface area contributed by atoms with E-state index in [1.165, 1.54) is 0 Å². The Balaban J connectivity index is 1.73. The van der Waals surface area contributed by atoms with Gasteiger partial charge in [0.2, 0.25) is 5.76 Å². The molecule has 0 radical (unpaired) electrons. The molecule has 1 unspecified atom stereocenters. The van der Waals surface area contributed by atoms with Crippen LogP contribution in [-0.2, 0) is 0 Å². The van der Waals surface area contributed by atoms with Gasteiger partial charge in [0.15, 0.2) is 16.9 Å². The maximum absolute atomic E-state index is 13.2. The summed E-state index contributed by atoms with van der Waals surface area (Å²) in [6.07, 6.45) is 3.19. The van der Waals surface area contributed by atoms with Crippen LogP contribution in [0.4, 0.5) is 0 Å². The molecule has 0 aliphatic carbocycles. The number of hydrogen-bond donors (Lipinski definition) is 1. The molecule has 6 nitrogen and oxygen atoms in total. The van der Waals surface area contributed by atoms with Gasteiger partial charge in [-0.25, -0.2) is 0 Å². The molecule has 0 saturated heterocycles. The number of rotatable bonds is 7. The Morgan fingerprint density at radius 2 is 1.93 bits per heavy atom. The van der Waals surface area contributed by atoms with Crippen molar-refractivity contribution in [3.63, 3.8) is 0 Å². The second-order valence-corrected chi connectivity index (χ2v) is 8.10. The Morgan fingerprint density at radius 3 is 2.70 bits per heavy atom. The number of carbonyl (C=O) groups excluding carboxylic acids is 1. The van der Waals surface area contributed by atoms with Crippen LogP contribution < -0.4 is 20.2 Å². The van der Waals surface area contributed by atoms with Crippen molar-refractivity contribution in [3.8, 4) is 11.5 Å². The van der Waals surface area contributed by atoms with Crippen molar-refractivity contribution in [3.05, 3.63) is 68.0 Å². The number of carbonyl (C=O) groups is 1. The predicted octanol–water partition coefficient (Wildman–Crippen LogP) is 4.97. The Kier molecular flexibility index (Phi) is 5.81. The number of fused-ring (bicyclic) bond motifs is 2. The van der Waals surface area contributed by atoms with E-state index >= 15 is 0 Å². The fraction of sp³-hybridized carbons (Fsp3) is 0.304. The smallest absolute Gasteiger partial charge is 0.288 e. The lowest BCUT2D eigenvalue weighted by Crippen LogP contribution is -2.22. The molecule has 3 aromatic rings. The molecule has 2 heterocycles.